The molecule has 3 heteroatoms. The summed E-state index contributed by atoms with van der Waals surface area (Å²) >= 11 is 4.50. The first-order valence-electron chi connectivity index (χ1n) is 5.99. The Labute approximate surface area is 98.8 Å². The van der Waals surface area contributed by atoms with Crippen LogP contribution in [0.15, 0.2) is 0 Å². The van der Waals surface area contributed by atoms with Crippen molar-refractivity contribution in [2.24, 2.45) is 5.92 Å². The van der Waals surface area contributed by atoms with E-state index in [0.29, 0.717) is 11.0 Å². The molecule has 0 aromatic heterocycles. The van der Waals surface area contributed by atoms with E-state index >= 15 is 0 Å². The molecule has 0 spiro atoms. The lowest BCUT2D eigenvalue weighted by molar-refractivity contribution is -0.117. The van der Waals surface area contributed by atoms with Crippen LogP contribution >= 0.6 is 12.6 Å². The Kier molecular flexibility index (Phi) is 5.69. The zero-order chi connectivity index (χ0) is 11.3. The topological polar surface area (TPSA) is 20.3 Å². The standard InChI is InChI=1S/C12H23NOS/c1-10(14)4-3-7-13-8-5-12(6-9-13)11(2)15/h11-12,15H,3-9H2,1-2H3. The van der Waals surface area contributed by atoms with Crippen LogP contribution in [-0.2, 0) is 4.79 Å². The van der Waals surface area contributed by atoms with Crippen molar-refractivity contribution in [2.45, 2.75) is 44.8 Å². The summed E-state index contributed by atoms with van der Waals surface area (Å²) in [6.07, 6.45) is 4.30. The average molecular weight is 229 g/mol. The number of likely N-dealkylation sites (tertiary alicyclic amines) is 1. The molecular formula is C12H23NOS. The molecule has 1 rings (SSSR count). The van der Waals surface area contributed by atoms with Gasteiger partial charge in [0.2, 0.25) is 0 Å². The molecule has 0 bridgehead atoms. The summed E-state index contributed by atoms with van der Waals surface area (Å²) in [5.41, 5.74) is 0. The lowest BCUT2D eigenvalue weighted by Gasteiger charge is -2.33. The number of rotatable bonds is 5. The van der Waals surface area contributed by atoms with Crippen LogP contribution in [0.5, 0.6) is 0 Å². The van der Waals surface area contributed by atoms with Gasteiger partial charge in [-0.25, -0.2) is 0 Å². The summed E-state index contributed by atoms with van der Waals surface area (Å²) in [6, 6.07) is 0. The summed E-state index contributed by atoms with van der Waals surface area (Å²) in [6.45, 7) is 7.34. The van der Waals surface area contributed by atoms with Gasteiger partial charge in [-0.05, 0) is 51.7 Å². The van der Waals surface area contributed by atoms with Crippen molar-refractivity contribution in [3.8, 4) is 0 Å². The van der Waals surface area contributed by atoms with Gasteiger partial charge in [-0.15, -0.1) is 0 Å². The molecule has 1 fully saturated rings. The van der Waals surface area contributed by atoms with E-state index in [2.05, 4.69) is 24.5 Å². The highest BCUT2D eigenvalue weighted by Crippen LogP contribution is 2.23. The molecule has 2 nitrogen and oxygen atoms in total. The van der Waals surface area contributed by atoms with Crippen molar-refractivity contribution in [3.63, 3.8) is 0 Å². The molecule has 1 aliphatic rings. The first-order valence-corrected chi connectivity index (χ1v) is 6.51. The number of carbonyl (C=O) groups is 1. The van der Waals surface area contributed by atoms with E-state index in [1.165, 1.54) is 25.9 Å². The maximum atomic E-state index is 10.8. The minimum Gasteiger partial charge on any atom is -0.303 e. The second-order valence-corrected chi connectivity index (χ2v) is 5.54. The fourth-order valence-corrected chi connectivity index (χ4v) is 2.51. The third-order valence-corrected chi connectivity index (χ3v) is 3.74. The van der Waals surface area contributed by atoms with Crippen LogP contribution in [0.4, 0.5) is 0 Å². The Balaban J connectivity index is 2.12. The third-order valence-electron chi connectivity index (χ3n) is 3.32. The second kappa shape index (κ2) is 6.54. The quantitative estimate of drug-likeness (QED) is 0.731. The molecule has 0 radical (unpaired) electrons. The highest BCUT2D eigenvalue weighted by Gasteiger charge is 2.21. The fourth-order valence-electron chi connectivity index (χ4n) is 2.21. The van der Waals surface area contributed by atoms with E-state index in [1.807, 2.05) is 0 Å². The number of hydrogen-bond donors (Lipinski definition) is 1. The Morgan fingerprint density at radius 3 is 2.53 bits per heavy atom. The van der Waals surface area contributed by atoms with Gasteiger partial charge >= 0.3 is 0 Å². The van der Waals surface area contributed by atoms with E-state index in [4.69, 9.17) is 0 Å². The number of piperidine rings is 1. The van der Waals surface area contributed by atoms with E-state index in [-0.39, 0.29) is 0 Å². The fraction of sp³-hybridized carbons (Fsp3) is 0.917. The van der Waals surface area contributed by atoms with Gasteiger partial charge in [0, 0.05) is 11.7 Å². The minimum absolute atomic E-state index is 0.314. The molecule has 0 aromatic rings. The lowest BCUT2D eigenvalue weighted by atomic mass is 9.94. The molecule has 1 aliphatic heterocycles. The average Bonchev–Trinajstić information content (AvgIpc) is 2.18. The molecule has 1 atom stereocenters. The van der Waals surface area contributed by atoms with Gasteiger partial charge in [0.1, 0.15) is 5.78 Å². The predicted molar refractivity (Wildman–Crippen MR) is 67.5 cm³/mol. The van der Waals surface area contributed by atoms with Gasteiger partial charge in [-0.3, -0.25) is 0 Å². The molecule has 1 unspecified atom stereocenters. The SMILES string of the molecule is CC(=O)CCCN1CCC(C(C)S)CC1. The van der Waals surface area contributed by atoms with Crippen molar-refractivity contribution in [1.29, 1.82) is 0 Å². The lowest BCUT2D eigenvalue weighted by Crippen LogP contribution is -2.36. The van der Waals surface area contributed by atoms with Crippen molar-refractivity contribution in [2.75, 3.05) is 19.6 Å². The zero-order valence-electron chi connectivity index (χ0n) is 9.91. The van der Waals surface area contributed by atoms with Crippen molar-refractivity contribution in [1.82, 2.24) is 4.90 Å². The summed E-state index contributed by atoms with van der Waals surface area (Å²) in [7, 11) is 0. The van der Waals surface area contributed by atoms with Crippen molar-refractivity contribution < 1.29 is 4.79 Å². The van der Waals surface area contributed by atoms with Crippen LogP contribution in [-0.4, -0.2) is 35.6 Å². The van der Waals surface area contributed by atoms with Crippen LogP contribution in [0.3, 0.4) is 0 Å². The van der Waals surface area contributed by atoms with Crippen LogP contribution in [0.25, 0.3) is 0 Å². The van der Waals surface area contributed by atoms with Crippen molar-refractivity contribution in [3.05, 3.63) is 0 Å². The Bertz CT molecular complexity index is 198. The summed E-state index contributed by atoms with van der Waals surface area (Å²) in [5.74, 6) is 1.10. The molecule has 0 N–H and O–H groups in total. The number of ketones is 1. The maximum Gasteiger partial charge on any atom is 0.129 e. The van der Waals surface area contributed by atoms with Gasteiger partial charge in [0.25, 0.3) is 0 Å². The molecule has 0 saturated carbocycles. The van der Waals surface area contributed by atoms with Crippen LogP contribution in [0.1, 0.15) is 39.5 Å². The van der Waals surface area contributed by atoms with Gasteiger partial charge in [0.05, 0.1) is 0 Å². The van der Waals surface area contributed by atoms with E-state index in [1.54, 1.807) is 6.92 Å². The van der Waals surface area contributed by atoms with E-state index in [0.717, 1.165) is 25.3 Å². The van der Waals surface area contributed by atoms with E-state index in [9.17, 15) is 4.79 Å². The van der Waals surface area contributed by atoms with Crippen LogP contribution < -0.4 is 0 Å². The highest BCUT2D eigenvalue weighted by molar-refractivity contribution is 7.80. The minimum atomic E-state index is 0.314. The molecule has 1 saturated heterocycles. The molecule has 88 valence electrons. The highest BCUT2D eigenvalue weighted by atomic mass is 32.1. The van der Waals surface area contributed by atoms with Crippen molar-refractivity contribution >= 4 is 18.4 Å². The monoisotopic (exact) mass is 229 g/mol. The largest absolute Gasteiger partial charge is 0.303 e. The first-order chi connectivity index (χ1) is 7.09. The van der Waals surface area contributed by atoms with Gasteiger partial charge in [0.15, 0.2) is 0 Å². The Morgan fingerprint density at radius 2 is 2.07 bits per heavy atom. The predicted octanol–water partition coefficient (Wildman–Crippen LogP) is 2.39. The number of nitrogens with zero attached hydrogens (tertiary/aromatic N) is 1. The third kappa shape index (κ3) is 5.03. The molecule has 0 aromatic carbocycles. The van der Waals surface area contributed by atoms with Crippen LogP contribution in [0.2, 0.25) is 0 Å². The summed E-state index contributed by atoms with van der Waals surface area (Å²) < 4.78 is 0. The Morgan fingerprint density at radius 1 is 1.47 bits per heavy atom. The number of Topliss-reactive ketones (excluding diaryl/α,β-unsaturated/α-hetero) is 1. The number of hydrogen-bond acceptors (Lipinski definition) is 3. The van der Waals surface area contributed by atoms with Gasteiger partial charge in [-0.2, -0.15) is 12.6 Å². The summed E-state index contributed by atoms with van der Waals surface area (Å²) in [4.78, 5) is 13.3. The Hall–Kier alpha value is -0.0200. The normalized spacial score (nSPS) is 21.5. The number of thiol groups is 1. The smallest absolute Gasteiger partial charge is 0.129 e. The molecule has 0 amide bonds. The van der Waals surface area contributed by atoms with Gasteiger partial charge < -0.3 is 9.69 Å². The molecular weight excluding hydrogens is 206 g/mol. The molecule has 0 aliphatic carbocycles. The van der Waals surface area contributed by atoms with Crippen LogP contribution in [0, 0.1) is 5.92 Å². The number of carbonyl (C=O) groups excluding carboxylic acids is 1. The van der Waals surface area contributed by atoms with E-state index < -0.39 is 0 Å². The van der Waals surface area contributed by atoms with Gasteiger partial charge in [-0.1, -0.05) is 6.92 Å². The first kappa shape index (κ1) is 13.0. The zero-order valence-corrected chi connectivity index (χ0v) is 10.8. The molecule has 1 heterocycles. The molecule has 15 heavy (non-hydrogen) atoms. The maximum absolute atomic E-state index is 10.8. The summed E-state index contributed by atoms with van der Waals surface area (Å²) in [5, 5.41) is 0.532. The second-order valence-electron chi connectivity index (χ2n) is 4.73.